The van der Waals surface area contributed by atoms with Crippen LogP contribution in [0.4, 0.5) is 5.69 Å². The van der Waals surface area contributed by atoms with Crippen molar-refractivity contribution in [2.45, 2.75) is 69.1 Å². The summed E-state index contributed by atoms with van der Waals surface area (Å²) in [4.78, 5) is 13.3. The van der Waals surface area contributed by atoms with E-state index in [4.69, 9.17) is 4.42 Å². The minimum Gasteiger partial charge on any atom is -0.507 e. The Morgan fingerprint density at radius 1 is 1.11 bits per heavy atom. The second-order valence-corrected chi connectivity index (χ2v) is 11.8. The van der Waals surface area contributed by atoms with Gasteiger partial charge in [0.2, 0.25) is 0 Å². The molecule has 2 aromatic carbocycles. The number of aromatic nitrogens is 1. The molecule has 2 heterocycles. The van der Waals surface area contributed by atoms with Gasteiger partial charge in [-0.05, 0) is 67.0 Å². The molecule has 4 aromatic rings. The van der Waals surface area contributed by atoms with Gasteiger partial charge < -0.3 is 9.52 Å². The van der Waals surface area contributed by atoms with E-state index < -0.39 is 21.6 Å². The van der Waals surface area contributed by atoms with E-state index in [0.717, 1.165) is 43.2 Å². The monoisotopic (exact) mass is 538 g/mol. The highest BCUT2D eigenvalue weighted by molar-refractivity contribution is 7.93. The van der Waals surface area contributed by atoms with E-state index in [2.05, 4.69) is 9.10 Å². The smallest absolute Gasteiger partial charge is 0.343 e. The minimum absolute atomic E-state index is 0.0363. The number of sulfonamides is 1. The number of anilines is 1. The fourth-order valence-corrected chi connectivity index (χ4v) is 7.23. The van der Waals surface area contributed by atoms with Crippen LogP contribution in [-0.2, 0) is 22.9 Å². The van der Waals surface area contributed by atoms with Crippen molar-refractivity contribution in [3.8, 4) is 5.75 Å². The van der Waals surface area contributed by atoms with Crippen LogP contribution in [0.1, 0.15) is 73.8 Å². The van der Waals surface area contributed by atoms with E-state index in [1.807, 2.05) is 13.0 Å². The number of fused-ring (bicyclic) bond motifs is 2. The van der Waals surface area contributed by atoms with Crippen molar-refractivity contribution >= 4 is 38.1 Å². The fourth-order valence-electron chi connectivity index (χ4n) is 5.22. The van der Waals surface area contributed by atoms with Gasteiger partial charge in [0, 0.05) is 34.4 Å². The zero-order chi connectivity index (χ0) is 26.0. The van der Waals surface area contributed by atoms with Crippen LogP contribution in [0, 0.1) is 0 Å². The van der Waals surface area contributed by atoms with E-state index in [1.165, 1.54) is 11.5 Å². The van der Waals surface area contributed by atoms with Gasteiger partial charge in [-0.2, -0.15) is 4.37 Å². The molecule has 0 saturated carbocycles. The Kier molecular flexibility index (Phi) is 7.35. The van der Waals surface area contributed by atoms with Gasteiger partial charge in [0.25, 0.3) is 10.0 Å². The van der Waals surface area contributed by atoms with Gasteiger partial charge in [0.1, 0.15) is 11.5 Å². The number of aryl methyl sites for hydroxylation is 1. The average molecular weight is 539 g/mol. The third-order valence-electron chi connectivity index (χ3n) is 7.02. The molecule has 0 radical (unpaired) electrons. The molecule has 1 unspecified atom stereocenters. The molecule has 5 rings (SSSR count). The first-order valence-electron chi connectivity index (χ1n) is 12.7. The zero-order valence-electron chi connectivity index (χ0n) is 20.7. The van der Waals surface area contributed by atoms with Gasteiger partial charge in [-0.15, -0.1) is 0 Å². The third-order valence-corrected chi connectivity index (χ3v) is 9.10. The normalized spacial score (nSPS) is 15.1. The quantitative estimate of drug-likeness (QED) is 0.284. The van der Waals surface area contributed by atoms with Crippen LogP contribution < -0.4 is 10.3 Å². The predicted octanol–water partition coefficient (Wildman–Crippen LogP) is 6.35. The van der Waals surface area contributed by atoms with Crippen LogP contribution in [0.2, 0.25) is 0 Å². The van der Waals surface area contributed by atoms with Crippen molar-refractivity contribution in [2.24, 2.45) is 0 Å². The molecule has 0 aliphatic heterocycles. The third kappa shape index (κ3) is 5.15. The van der Waals surface area contributed by atoms with E-state index in [-0.39, 0.29) is 16.2 Å². The first-order chi connectivity index (χ1) is 17.9. The lowest BCUT2D eigenvalue weighted by Crippen LogP contribution is -2.18. The van der Waals surface area contributed by atoms with Gasteiger partial charge in [-0.25, -0.2) is 13.2 Å². The summed E-state index contributed by atoms with van der Waals surface area (Å²) in [6.45, 7) is 2.02. The van der Waals surface area contributed by atoms with Gasteiger partial charge in [0.05, 0.1) is 16.0 Å². The second kappa shape index (κ2) is 10.7. The molecular weight excluding hydrogens is 508 g/mol. The van der Waals surface area contributed by atoms with Crippen LogP contribution in [0.15, 0.2) is 62.0 Å². The Bertz CT molecular complexity index is 1590. The average Bonchev–Trinajstić information content (AvgIpc) is 3.33. The summed E-state index contributed by atoms with van der Waals surface area (Å²) in [5.41, 5.74) is 2.24. The minimum atomic E-state index is -3.88. The highest BCUT2D eigenvalue weighted by atomic mass is 32.2. The Morgan fingerprint density at radius 3 is 2.70 bits per heavy atom. The molecule has 0 spiro atoms. The Labute approximate surface area is 220 Å². The van der Waals surface area contributed by atoms with Crippen LogP contribution in [0.25, 0.3) is 10.9 Å². The summed E-state index contributed by atoms with van der Waals surface area (Å²) in [7, 11) is -3.88. The lowest BCUT2D eigenvalue weighted by atomic mass is 9.85. The molecular formula is C28H30N2O5S2. The number of aromatic hydroxyl groups is 1. The van der Waals surface area contributed by atoms with Crippen molar-refractivity contribution in [1.29, 1.82) is 0 Å². The van der Waals surface area contributed by atoms with E-state index >= 15 is 0 Å². The number of nitrogens with one attached hydrogen (secondary N) is 1. The molecule has 1 atom stereocenters. The first kappa shape index (κ1) is 25.5. The number of hydrogen-bond donors (Lipinski definition) is 2. The summed E-state index contributed by atoms with van der Waals surface area (Å²) < 4.78 is 39.2. The standard InChI is InChI=1S/C28H30N2O5S2/c1-2-9-20(26-27(31)21-12-5-3-4-6-14-24(21)35-28(26)32)18-10-7-11-19(16-18)30-37(33,34)25-15-8-13-23-22(25)17-36-29-23/h7-8,10-11,13,15-17,20,30-31H,2-6,9,12,14H2,1H3. The van der Waals surface area contributed by atoms with Crippen LogP contribution in [0.5, 0.6) is 5.75 Å². The van der Waals surface area contributed by atoms with E-state index in [1.54, 1.807) is 41.8 Å². The van der Waals surface area contributed by atoms with Gasteiger partial charge >= 0.3 is 5.63 Å². The lowest BCUT2D eigenvalue weighted by Gasteiger charge is -2.21. The molecule has 0 bridgehead atoms. The van der Waals surface area contributed by atoms with Crippen molar-refractivity contribution in [2.75, 3.05) is 4.72 Å². The van der Waals surface area contributed by atoms with Crippen LogP contribution in [0.3, 0.4) is 0 Å². The Balaban J connectivity index is 1.52. The molecule has 0 amide bonds. The van der Waals surface area contributed by atoms with Gasteiger partial charge in [-0.1, -0.05) is 44.4 Å². The maximum atomic E-state index is 13.3. The maximum absolute atomic E-state index is 13.3. The summed E-state index contributed by atoms with van der Waals surface area (Å²) in [5.74, 6) is 0.208. The number of rotatable bonds is 7. The van der Waals surface area contributed by atoms with Crippen molar-refractivity contribution < 1.29 is 17.9 Å². The molecule has 2 N–H and O–H groups in total. The first-order valence-corrected chi connectivity index (χ1v) is 15.0. The molecule has 2 aromatic heterocycles. The summed E-state index contributed by atoms with van der Waals surface area (Å²) in [5, 5.41) is 13.6. The van der Waals surface area contributed by atoms with Crippen LogP contribution in [-0.4, -0.2) is 17.9 Å². The molecule has 1 aliphatic rings. The molecule has 37 heavy (non-hydrogen) atoms. The predicted molar refractivity (Wildman–Crippen MR) is 146 cm³/mol. The molecule has 1 aliphatic carbocycles. The molecule has 7 nitrogen and oxygen atoms in total. The summed E-state index contributed by atoms with van der Waals surface area (Å²) >= 11 is 1.21. The molecule has 0 saturated heterocycles. The van der Waals surface area contributed by atoms with Gasteiger partial charge in [-0.3, -0.25) is 4.72 Å². The molecule has 9 heteroatoms. The summed E-state index contributed by atoms with van der Waals surface area (Å²) in [6.07, 6.45) is 6.75. The second-order valence-electron chi connectivity index (χ2n) is 9.54. The lowest BCUT2D eigenvalue weighted by molar-refractivity contribution is 0.383. The largest absolute Gasteiger partial charge is 0.507 e. The Hall–Kier alpha value is -3.17. The number of nitrogens with zero attached hydrogens (tertiary/aromatic N) is 1. The maximum Gasteiger partial charge on any atom is 0.343 e. The Morgan fingerprint density at radius 2 is 1.89 bits per heavy atom. The highest BCUT2D eigenvalue weighted by Crippen LogP contribution is 2.38. The number of hydrogen-bond acceptors (Lipinski definition) is 7. The van der Waals surface area contributed by atoms with Crippen LogP contribution >= 0.6 is 11.5 Å². The van der Waals surface area contributed by atoms with Crippen molar-refractivity contribution in [3.05, 3.63) is 80.7 Å². The highest BCUT2D eigenvalue weighted by Gasteiger charge is 2.27. The van der Waals surface area contributed by atoms with Crippen molar-refractivity contribution in [1.82, 2.24) is 4.37 Å². The van der Waals surface area contributed by atoms with Crippen molar-refractivity contribution in [3.63, 3.8) is 0 Å². The SMILES string of the molecule is CCCC(c1cccc(NS(=O)(=O)c2cccc3nscc23)c1)c1c(O)c2c(oc1=O)CCCCCC2. The fraction of sp³-hybridized carbons (Fsp3) is 0.357. The van der Waals surface area contributed by atoms with Gasteiger partial charge in [0.15, 0.2) is 0 Å². The number of benzene rings is 2. The topological polar surface area (TPSA) is 110 Å². The zero-order valence-corrected chi connectivity index (χ0v) is 22.3. The molecule has 194 valence electrons. The van der Waals surface area contributed by atoms with E-state index in [0.29, 0.717) is 41.6 Å². The molecule has 0 fully saturated rings. The van der Waals surface area contributed by atoms with E-state index in [9.17, 15) is 18.3 Å². The summed E-state index contributed by atoms with van der Waals surface area (Å²) in [6, 6.07) is 12.0.